The summed E-state index contributed by atoms with van der Waals surface area (Å²) in [5, 5.41) is 11.9. The standard InChI is InChI=1S/C29H31N5O7S/c1-19(2)41-21-8-10-22(11-9-21)42(38,39)34-15-13-33(14-16-34)20-7-12-23(26(17-20)40-18-27(35)36)28(37)32-29-30-24-5-3-4-6-25(24)31-29/h3-12,17,19H,13-16,18H2,1-2H3,(H,35,36)(H2,30,31,32,37). The van der Waals surface area contributed by atoms with E-state index < -0.39 is 28.5 Å². The number of benzene rings is 3. The van der Waals surface area contributed by atoms with Crippen LogP contribution in [0.25, 0.3) is 11.0 Å². The normalized spacial score (nSPS) is 14.2. The van der Waals surface area contributed by atoms with Crippen molar-refractivity contribution in [1.29, 1.82) is 0 Å². The molecular formula is C29H31N5O7S. The van der Waals surface area contributed by atoms with Crippen LogP contribution in [0.4, 0.5) is 11.6 Å². The molecular weight excluding hydrogens is 562 g/mol. The van der Waals surface area contributed by atoms with Crippen molar-refractivity contribution in [3.05, 3.63) is 72.3 Å². The number of aliphatic carboxylic acids is 1. The van der Waals surface area contributed by atoms with E-state index in [0.29, 0.717) is 30.0 Å². The molecule has 0 radical (unpaired) electrons. The molecule has 1 aliphatic heterocycles. The fourth-order valence-electron chi connectivity index (χ4n) is 4.64. The Labute approximate surface area is 242 Å². The minimum atomic E-state index is -3.70. The topological polar surface area (TPSA) is 154 Å². The Hall–Kier alpha value is -4.62. The summed E-state index contributed by atoms with van der Waals surface area (Å²) in [4.78, 5) is 33.9. The lowest BCUT2D eigenvalue weighted by Crippen LogP contribution is -2.48. The number of nitrogens with zero attached hydrogens (tertiary/aromatic N) is 3. The van der Waals surface area contributed by atoms with Crippen molar-refractivity contribution in [2.75, 3.05) is 43.0 Å². The first-order chi connectivity index (χ1) is 20.1. The molecule has 3 aromatic carbocycles. The van der Waals surface area contributed by atoms with Gasteiger partial charge in [0.05, 0.1) is 27.6 Å². The molecule has 13 heteroatoms. The number of carboxylic acids is 1. The van der Waals surface area contributed by atoms with Gasteiger partial charge in [0.25, 0.3) is 5.91 Å². The third-order valence-electron chi connectivity index (χ3n) is 6.62. The molecule has 0 unspecified atom stereocenters. The molecule has 42 heavy (non-hydrogen) atoms. The molecule has 0 atom stereocenters. The maximum atomic E-state index is 13.2. The quantitative estimate of drug-likeness (QED) is 0.250. The molecule has 1 aromatic heterocycles. The number of rotatable bonds is 10. The van der Waals surface area contributed by atoms with Crippen molar-refractivity contribution in [2.45, 2.75) is 24.8 Å². The number of sulfonamides is 1. The lowest BCUT2D eigenvalue weighted by molar-refractivity contribution is -0.139. The van der Waals surface area contributed by atoms with Gasteiger partial charge in [-0.05, 0) is 62.4 Å². The molecule has 2 heterocycles. The summed E-state index contributed by atoms with van der Waals surface area (Å²) in [6.45, 7) is 4.42. The molecule has 0 bridgehead atoms. The molecule has 0 saturated carbocycles. The average molecular weight is 594 g/mol. The fourth-order valence-corrected chi connectivity index (χ4v) is 6.06. The Kier molecular flexibility index (Phi) is 8.31. The van der Waals surface area contributed by atoms with Crippen molar-refractivity contribution in [2.24, 2.45) is 0 Å². The monoisotopic (exact) mass is 593 g/mol. The predicted molar refractivity (Wildman–Crippen MR) is 157 cm³/mol. The molecule has 5 rings (SSSR count). The van der Waals surface area contributed by atoms with E-state index in [4.69, 9.17) is 9.47 Å². The molecule has 1 fully saturated rings. The Morgan fingerprint density at radius 1 is 1.02 bits per heavy atom. The first kappa shape index (κ1) is 28.9. The zero-order valence-corrected chi connectivity index (χ0v) is 23.9. The van der Waals surface area contributed by atoms with Gasteiger partial charge in [-0.15, -0.1) is 0 Å². The SMILES string of the molecule is CC(C)Oc1ccc(S(=O)(=O)N2CCN(c3ccc(C(=O)Nc4nc5ccccc5[nH]4)c(OCC(=O)O)c3)CC2)cc1. The van der Waals surface area contributed by atoms with E-state index in [9.17, 15) is 23.1 Å². The first-order valence-electron chi connectivity index (χ1n) is 13.4. The maximum Gasteiger partial charge on any atom is 0.341 e. The summed E-state index contributed by atoms with van der Waals surface area (Å²) < 4.78 is 39.0. The maximum absolute atomic E-state index is 13.2. The number of aromatic amines is 1. The third-order valence-corrected chi connectivity index (χ3v) is 8.53. The van der Waals surface area contributed by atoms with Crippen LogP contribution in [0.2, 0.25) is 0 Å². The zero-order valence-electron chi connectivity index (χ0n) is 23.1. The smallest absolute Gasteiger partial charge is 0.341 e. The average Bonchev–Trinajstić information content (AvgIpc) is 3.38. The summed E-state index contributed by atoms with van der Waals surface area (Å²) in [5.41, 5.74) is 2.24. The van der Waals surface area contributed by atoms with Crippen LogP contribution in [0, 0.1) is 0 Å². The van der Waals surface area contributed by atoms with Crippen LogP contribution < -0.4 is 19.7 Å². The molecule has 3 N–H and O–H groups in total. The van der Waals surface area contributed by atoms with Crippen LogP contribution in [-0.4, -0.2) is 78.6 Å². The number of anilines is 2. The second-order valence-electron chi connectivity index (χ2n) is 9.95. The Bertz CT molecular complexity index is 1660. The van der Waals surface area contributed by atoms with Crippen LogP contribution in [0.15, 0.2) is 71.6 Å². The number of aromatic nitrogens is 2. The Morgan fingerprint density at radius 3 is 2.40 bits per heavy atom. The number of imidazole rings is 1. The minimum Gasteiger partial charge on any atom is -0.491 e. The van der Waals surface area contributed by atoms with Crippen LogP contribution in [0.5, 0.6) is 11.5 Å². The molecule has 12 nitrogen and oxygen atoms in total. The van der Waals surface area contributed by atoms with Gasteiger partial charge in [-0.1, -0.05) is 12.1 Å². The fraction of sp³-hybridized carbons (Fsp3) is 0.276. The number of carbonyl (C=O) groups is 2. The van der Waals surface area contributed by atoms with E-state index in [1.807, 2.05) is 36.9 Å². The number of carbonyl (C=O) groups excluding carboxylic acids is 1. The van der Waals surface area contributed by atoms with E-state index in [1.54, 1.807) is 48.5 Å². The largest absolute Gasteiger partial charge is 0.491 e. The van der Waals surface area contributed by atoms with Gasteiger partial charge < -0.3 is 24.5 Å². The summed E-state index contributed by atoms with van der Waals surface area (Å²) in [6.07, 6.45) is -0.0180. The highest BCUT2D eigenvalue weighted by Gasteiger charge is 2.29. The number of hydrogen-bond acceptors (Lipinski definition) is 8. The predicted octanol–water partition coefficient (Wildman–Crippen LogP) is 3.58. The molecule has 220 valence electrons. The van der Waals surface area contributed by atoms with Gasteiger partial charge in [0, 0.05) is 37.9 Å². The number of amides is 1. The Balaban J connectivity index is 1.29. The molecule has 4 aromatic rings. The van der Waals surface area contributed by atoms with Gasteiger partial charge in [0.1, 0.15) is 11.5 Å². The number of para-hydroxylation sites is 2. The second kappa shape index (κ2) is 12.1. The molecule has 1 amide bonds. The van der Waals surface area contributed by atoms with E-state index in [-0.39, 0.29) is 41.4 Å². The van der Waals surface area contributed by atoms with Gasteiger partial charge in [0.2, 0.25) is 16.0 Å². The molecule has 0 spiro atoms. The van der Waals surface area contributed by atoms with Gasteiger partial charge in [0.15, 0.2) is 6.61 Å². The molecule has 1 saturated heterocycles. The number of piperazine rings is 1. The van der Waals surface area contributed by atoms with Gasteiger partial charge in [-0.2, -0.15) is 4.31 Å². The number of carboxylic acid groups (broad SMARTS) is 1. The van der Waals surface area contributed by atoms with Crippen molar-refractivity contribution in [1.82, 2.24) is 14.3 Å². The number of ether oxygens (including phenoxy) is 2. The van der Waals surface area contributed by atoms with E-state index >= 15 is 0 Å². The molecule has 1 aliphatic rings. The van der Waals surface area contributed by atoms with Crippen LogP contribution >= 0.6 is 0 Å². The second-order valence-corrected chi connectivity index (χ2v) is 11.9. The number of H-pyrrole nitrogens is 1. The summed E-state index contributed by atoms with van der Waals surface area (Å²) in [5.74, 6) is -0.783. The van der Waals surface area contributed by atoms with Gasteiger partial charge in [-0.3, -0.25) is 10.1 Å². The Morgan fingerprint density at radius 2 is 1.74 bits per heavy atom. The number of nitrogens with one attached hydrogen (secondary N) is 2. The first-order valence-corrected chi connectivity index (χ1v) is 14.8. The van der Waals surface area contributed by atoms with Crippen molar-refractivity contribution in [3.63, 3.8) is 0 Å². The van der Waals surface area contributed by atoms with E-state index in [2.05, 4.69) is 15.3 Å². The summed E-state index contributed by atoms with van der Waals surface area (Å²) in [6, 6.07) is 18.6. The van der Waals surface area contributed by atoms with Gasteiger partial charge >= 0.3 is 5.97 Å². The highest BCUT2D eigenvalue weighted by atomic mass is 32.2. The van der Waals surface area contributed by atoms with E-state index in [1.165, 1.54) is 4.31 Å². The summed E-state index contributed by atoms with van der Waals surface area (Å²) in [7, 11) is -3.70. The van der Waals surface area contributed by atoms with Crippen molar-refractivity contribution in [3.8, 4) is 11.5 Å². The van der Waals surface area contributed by atoms with Crippen molar-refractivity contribution >= 4 is 44.6 Å². The lowest BCUT2D eigenvalue weighted by atomic mass is 10.1. The summed E-state index contributed by atoms with van der Waals surface area (Å²) >= 11 is 0. The van der Waals surface area contributed by atoms with Crippen LogP contribution in [0.3, 0.4) is 0 Å². The minimum absolute atomic E-state index is 0.0180. The lowest BCUT2D eigenvalue weighted by Gasteiger charge is -2.35. The zero-order chi connectivity index (χ0) is 29.9. The highest BCUT2D eigenvalue weighted by Crippen LogP contribution is 2.29. The van der Waals surface area contributed by atoms with E-state index in [0.717, 1.165) is 5.52 Å². The van der Waals surface area contributed by atoms with Gasteiger partial charge in [-0.25, -0.2) is 18.2 Å². The van der Waals surface area contributed by atoms with Crippen molar-refractivity contribution < 1.29 is 32.6 Å². The molecule has 0 aliphatic carbocycles. The number of fused-ring (bicyclic) bond motifs is 1. The van der Waals surface area contributed by atoms with Crippen LogP contribution in [0.1, 0.15) is 24.2 Å². The highest BCUT2D eigenvalue weighted by molar-refractivity contribution is 7.89. The number of hydrogen-bond donors (Lipinski definition) is 3. The van der Waals surface area contributed by atoms with Crippen LogP contribution in [-0.2, 0) is 14.8 Å². The third kappa shape index (κ3) is 6.47.